The Hall–Kier alpha value is -1.14. The Kier molecular flexibility index (Phi) is 9.08. The second-order valence-corrected chi connectivity index (χ2v) is 6.45. The minimum Gasteiger partial charge on any atom is -0.466 e. The van der Waals surface area contributed by atoms with Gasteiger partial charge >= 0.3 is 10.8 Å². The first kappa shape index (κ1) is 18.9. The van der Waals surface area contributed by atoms with Crippen molar-refractivity contribution in [1.29, 1.82) is 0 Å². The Bertz CT molecular complexity index is 488. The van der Waals surface area contributed by atoms with E-state index in [1.807, 2.05) is 0 Å². The number of H-pyrrole nitrogens is 1. The number of thiazole rings is 1. The van der Waals surface area contributed by atoms with E-state index in [4.69, 9.17) is 4.74 Å². The van der Waals surface area contributed by atoms with Gasteiger partial charge in [-0.15, -0.1) is 0 Å². The molecule has 1 aromatic rings. The molecule has 5 nitrogen and oxygen atoms in total. The van der Waals surface area contributed by atoms with Crippen LogP contribution in [0.15, 0.2) is 4.79 Å². The average Bonchev–Trinajstić information content (AvgIpc) is 2.81. The lowest BCUT2D eigenvalue weighted by molar-refractivity contribution is -0.142. The van der Waals surface area contributed by atoms with Gasteiger partial charge in [0.1, 0.15) is 0 Å². The minimum atomic E-state index is -0.286. The van der Waals surface area contributed by atoms with Crippen LogP contribution in [0.25, 0.3) is 0 Å². The number of carbonyl (C=O) groups excluding carboxylic acids is 1. The molecule has 1 N–H and O–H groups in total. The monoisotopic (exact) mass is 328 g/mol. The van der Waals surface area contributed by atoms with Crippen molar-refractivity contribution in [1.82, 2.24) is 9.88 Å². The van der Waals surface area contributed by atoms with Gasteiger partial charge in [0.2, 0.25) is 0 Å². The molecule has 1 aromatic heterocycles. The number of rotatable bonds is 11. The van der Waals surface area contributed by atoms with Crippen LogP contribution >= 0.6 is 11.3 Å². The Labute approximate surface area is 136 Å². The fourth-order valence-electron chi connectivity index (χ4n) is 2.26. The highest BCUT2D eigenvalue weighted by Gasteiger charge is 2.15. The summed E-state index contributed by atoms with van der Waals surface area (Å²) in [5.74, 6) is -0.286. The number of ether oxygens (including phenoxy) is 1. The number of unbranched alkanes of at least 4 members (excludes halogenated alkanes) is 2. The van der Waals surface area contributed by atoms with E-state index in [9.17, 15) is 9.59 Å². The van der Waals surface area contributed by atoms with Crippen molar-refractivity contribution in [3.8, 4) is 0 Å². The molecular weight excluding hydrogens is 300 g/mol. The van der Waals surface area contributed by atoms with Gasteiger partial charge in [-0.3, -0.25) is 14.5 Å². The number of nitrogens with one attached hydrogen (secondary N) is 1. The molecule has 0 aromatic carbocycles. The molecule has 0 spiro atoms. The third-order valence-corrected chi connectivity index (χ3v) is 4.36. The van der Waals surface area contributed by atoms with Crippen LogP contribution in [0.4, 0.5) is 0 Å². The van der Waals surface area contributed by atoms with E-state index in [2.05, 4.69) is 23.7 Å². The average molecular weight is 328 g/mol. The Morgan fingerprint density at radius 3 is 2.36 bits per heavy atom. The van der Waals surface area contributed by atoms with Gasteiger partial charge in [0.05, 0.1) is 13.0 Å². The second kappa shape index (κ2) is 10.6. The minimum absolute atomic E-state index is 0.0970. The molecule has 0 saturated heterocycles. The molecule has 126 valence electrons. The van der Waals surface area contributed by atoms with Crippen LogP contribution in [0, 0.1) is 0 Å². The van der Waals surface area contributed by atoms with E-state index in [-0.39, 0.29) is 17.3 Å². The van der Waals surface area contributed by atoms with Gasteiger partial charge in [-0.05, 0) is 32.9 Å². The first-order chi connectivity index (χ1) is 10.6. The Balaban J connectivity index is 2.75. The quantitative estimate of drug-likeness (QED) is 0.634. The largest absolute Gasteiger partial charge is 0.466 e. The third-order valence-electron chi connectivity index (χ3n) is 3.45. The van der Waals surface area contributed by atoms with Crippen molar-refractivity contribution >= 4 is 17.3 Å². The topological polar surface area (TPSA) is 62.4 Å². The van der Waals surface area contributed by atoms with Gasteiger partial charge in [0.25, 0.3) is 0 Å². The van der Waals surface area contributed by atoms with Gasteiger partial charge in [0, 0.05) is 17.1 Å². The van der Waals surface area contributed by atoms with Gasteiger partial charge in [-0.1, -0.05) is 38.0 Å². The molecular formula is C16H28N2O3S. The zero-order chi connectivity index (χ0) is 16.4. The summed E-state index contributed by atoms with van der Waals surface area (Å²) in [7, 11) is 0. The predicted molar refractivity (Wildman–Crippen MR) is 90.4 cm³/mol. The number of carbonyl (C=O) groups is 1. The molecule has 0 saturated carbocycles. The van der Waals surface area contributed by atoms with Crippen LogP contribution in [0.1, 0.15) is 57.0 Å². The van der Waals surface area contributed by atoms with E-state index in [0.29, 0.717) is 12.3 Å². The summed E-state index contributed by atoms with van der Waals surface area (Å²) in [6.45, 7) is 9.30. The van der Waals surface area contributed by atoms with E-state index < -0.39 is 0 Å². The fourth-order valence-corrected chi connectivity index (χ4v) is 3.15. The summed E-state index contributed by atoms with van der Waals surface area (Å²) in [4.78, 5) is 29.3. The van der Waals surface area contributed by atoms with E-state index in [1.54, 1.807) is 6.92 Å². The standard InChI is InChI=1S/C16H28N2O3S/c1-4-7-9-18(10-8-5-2)12-14-13(17-16(20)22-14)11-15(19)21-6-3/h4-12H2,1-3H3,(H,17,20). The van der Waals surface area contributed by atoms with Gasteiger partial charge < -0.3 is 9.72 Å². The van der Waals surface area contributed by atoms with Crippen molar-refractivity contribution in [3.63, 3.8) is 0 Å². The molecule has 22 heavy (non-hydrogen) atoms. The maximum atomic E-state index is 11.7. The van der Waals surface area contributed by atoms with Crippen LogP contribution in [-0.4, -0.2) is 35.5 Å². The lowest BCUT2D eigenvalue weighted by atomic mass is 10.2. The van der Waals surface area contributed by atoms with Crippen LogP contribution in [0.3, 0.4) is 0 Å². The molecule has 0 unspecified atom stereocenters. The fraction of sp³-hybridized carbons (Fsp3) is 0.750. The zero-order valence-electron chi connectivity index (χ0n) is 13.9. The van der Waals surface area contributed by atoms with Crippen molar-refractivity contribution in [2.24, 2.45) is 0 Å². The molecule has 1 rings (SSSR count). The summed E-state index contributed by atoms with van der Waals surface area (Å²) >= 11 is 1.21. The number of hydrogen-bond acceptors (Lipinski definition) is 5. The summed E-state index contributed by atoms with van der Waals surface area (Å²) in [6.07, 6.45) is 4.76. The van der Waals surface area contributed by atoms with E-state index >= 15 is 0 Å². The highest BCUT2D eigenvalue weighted by atomic mass is 32.1. The summed E-state index contributed by atoms with van der Waals surface area (Å²) < 4.78 is 4.97. The molecule has 0 atom stereocenters. The van der Waals surface area contributed by atoms with Gasteiger partial charge in [0.15, 0.2) is 0 Å². The molecule has 6 heteroatoms. The summed E-state index contributed by atoms with van der Waals surface area (Å²) in [5.41, 5.74) is 0.714. The van der Waals surface area contributed by atoms with Crippen molar-refractivity contribution in [2.45, 2.75) is 59.4 Å². The SMILES string of the molecule is CCCCN(CCCC)Cc1sc(=O)[nH]c1CC(=O)OCC. The van der Waals surface area contributed by atoms with Gasteiger partial charge in [-0.2, -0.15) is 0 Å². The van der Waals surface area contributed by atoms with Crippen molar-refractivity contribution < 1.29 is 9.53 Å². The van der Waals surface area contributed by atoms with Crippen molar-refractivity contribution in [2.75, 3.05) is 19.7 Å². The summed E-state index contributed by atoms with van der Waals surface area (Å²) in [6, 6.07) is 0. The smallest absolute Gasteiger partial charge is 0.311 e. The first-order valence-electron chi connectivity index (χ1n) is 8.19. The first-order valence-corrected chi connectivity index (χ1v) is 9.01. The number of hydrogen-bond donors (Lipinski definition) is 1. The molecule has 0 aliphatic heterocycles. The lowest BCUT2D eigenvalue weighted by Crippen LogP contribution is -2.26. The van der Waals surface area contributed by atoms with Crippen LogP contribution in [-0.2, 0) is 22.5 Å². The van der Waals surface area contributed by atoms with Crippen LogP contribution < -0.4 is 4.87 Å². The number of aromatic amines is 1. The number of esters is 1. The predicted octanol–water partition coefficient (Wildman–Crippen LogP) is 2.94. The number of aromatic nitrogens is 1. The van der Waals surface area contributed by atoms with E-state index in [0.717, 1.165) is 50.2 Å². The molecule has 0 fully saturated rings. The number of nitrogens with zero attached hydrogens (tertiary/aromatic N) is 1. The van der Waals surface area contributed by atoms with Crippen molar-refractivity contribution in [3.05, 3.63) is 20.2 Å². The molecule has 0 amide bonds. The highest BCUT2D eigenvalue weighted by Crippen LogP contribution is 2.15. The molecule has 0 aliphatic rings. The third kappa shape index (κ3) is 6.75. The lowest BCUT2D eigenvalue weighted by Gasteiger charge is -2.21. The van der Waals surface area contributed by atoms with Crippen LogP contribution in [0.2, 0.25) is 0 Å². The van der Waals surface area contributed by atoms with E-state index in [1.165, 1.54) is 11.3 Å². The maximum absolute atomic E-state index is 11.7. The Morgan fingerprint density at radius 1 is 1.18 bits per heavy atom. The Morgan fingerprint density at radius 2 is 1.82 bits per heavy atom. The van der Waals surface area contributed by atoms with Crippen LogP contribution in [0.5, 0.6) is 0 Å². The maximum Gasteiger partial charge on any atom is 0.311 e. The highest BCUT2D eigenvalue weighted by molar-refractivity contribution is 7.09. The second-order valence-electron chi connectivity index (χ2n) is 5.38. The zero-order valence-corrected chi connectivity index (χ0v) is 14.8. The molecule has 0 bridgehead atoms. The molecule has 1 heterocycles. The molecule has 0 radical (unpaired) electrons. The normalized spacial score (nSPS) is 11.1. The molecule has 0 aliphatic carbocycles. The van der Waals surface area contributed by atoms with Gasteiger partial charge in [-0.25, -0.2) is 0 Å². The summed E-state index contributed by atoms with van der Waals surface area (Å²) in [5, 5.41) is 0.